The van der Waals surface area contributed by atoms with Crippen molar-refractivity contribution in [2.24, 2.45) is 5.92 Å². The molecule has 1 aliphatic rings. The Balaban J connectivity index is 1.70. The fourth-order valence-electron chi connectivity index (χ4n) is 4.07. The fourth-order valence-corrected chi connectivity index (χ4v) is 5.53. The fraction of sp³-hybridized carbons (Fsp3) is 0.458. The first-order valence-electron chi connectivity index (χ1n) is 11.6. The van der Waals surface area contributed by atoms with E-state index in [2.05, 4.69) is 15.3 Å². The van der Waals surface area contributed by atoms with Crippen molar-refractivity contribution >= 4 is 44.6 Å². The minimum absolute atomic E-state index is 0.0110. The first kappa shape index (κ1) is 26.2. The summed E-state index contributed by atoms with van der Waals surface area (Å²) >= 11 is 6.15. The van der Waals surface area contributed by atoms with Crippen molar-refractivity contribution in [1.29, 1.82) is 0 Å². The summed E-state index contributed by atoms with van der Waals surface area (Å²) in [5, 5.41) is 2.84. The van der Waals surface area contributed by atoms with Crippen LogP contribution in [0.1, 0.15) is 39.7 Å². The number of benzene rings is 1. The number of halogens is 2. The molecule has 0 aliphatic carbocycles. The van der Waals surface area contributed by atoms with Gasteiger partial charge in [0.15, 0.2) is 11.5 Å². The molecule has 3 heterocycles. The summed E-state index contributed by atoms with van der Waals surface area (Å²) in [6, 6.07) is 5.91. The van der Waals surface area contributed by atoms with Crippen LogP contribution in [0.5, 0.6) is 0 Å². The predicted molar refractivity (Wildman–Crippen MR) is 135 cm³/mol. The highest BCUT2D eigenvalue weighted by Gasteiger charge is 2.33. The Kier molecular flexibility index (Phi) is 6.91. The molecule has 12 heteroatoms. The standard InChI is InChI=1S/C24H29ClFN5O4S/c1-14-6-8-16(9-7-14)36(33,34)31-12-17(26)19-20(28-22(25)29-21(19)31)27-18-13-30(11-10-15(18)2)23(32)35-24(3,4)5/h6-9,12,15,18H,10-11,13H2,1-5H3,(H,27,28,29)/t15-,18+/m1/s1. The number of nitrogens with one attached hydrogen (secondary N) is 1. The highest BCUT2D eigenvalue weighted by molar-refractivity contribution is 7.90. The molecule has 3 aromatic rings. The topological polar surface area (TPSA) is 106 Å². The highest BCUT2D eigenvalue weighted by atomic mass is 35.5. The van der Waals surface area contributed by atoms with Gasteiger partial charge >= 0.3 is 6.09 Å². The van der Waals surface area contributed by atoms with E-state index < -0.39 is 27.5 Å². The van der Waals surface area contributed by atoms with E-state index in [4.69, 9.17) is 16.3 Å². The Morgan fingerprint density at radius 2 is 1.89 bits per heavy atom. The van der Waals surface area contributed by atoms with Crippen LogP contribution >= 0.6 is 11.6 Å². The summed E-state index contributed by atoms with van der Waals surface area (Å²) < 4.78 is 48.1. The lowest BCUT2D eigenvalue weighted by Gasteiger charge is -2.38. The highest BCUT2D eigenvalue weighted by Crippen LogP contribution is 2.32. The number of aryl methyl sites for hydroxylation is 1. The zero-order valence-corrected chi connectivity index (χ0v) is 22.3. The molecule has 1 aromatic carbocycles. The van der Waals surface area contributed by atoms with Gasteiger partial charge in [0.25, 0.3) is 10.0 Å². The Hall–Kier alpha value is -2.92. The third-order valence-corrected chi connectivity index (χ3v) is 7.88. The number of carbonyl (C=O) groups is 1. The van der Waals surface area contributed by atoms with Crippen LogP contribution in [0.25, 0.3) is 11.0 Å². The molecule has 1 saturated heterocycles. The van der Waals surface area contributed by atoms with E-state index in [9.17, 15) is 13.2 Å². The third kappa shape index (κ3) is 5.27. The van der Waals surface area contributed by atoms with Crippen LogP contribution in [-0.2, 0) is 14.8 Å². The molecular weight excluding hydrogens is 509 g/mol. The van der Waals surface area contributed by atoms with Gasteiger partial charge in [-0.05, 0) is 63.8 Å². The summed E-state index contributed by atoms with van der Waals surface area (Å²) in [6.45, 7) is 10.0. The molecule has 2 atom stereocenters. The van der Waals surface area contributed by atoms with E-state index in [0.717, 1.165) is 15.7 Å². The van der Waals surface area contributed by atoms with Crippen molar-refractivity contribution in [3.05, 3.63) is 47.1 Å². The van der Waals surface area contributed by atoms with E-state index in [-0.39, 0.29) is 39.0 Å². The second-order valence-electron chi connectivity index (χ2n) is 10.1. The second kappa shape index (κ2) is 9.51. The molecule has 36 heavy (non-hydrogen) atoms. The summed E-state index contributed by atoms with van der Waals surface area (Å²) in [7, 11) is -4.15. The maximum absolute atomic E-state index is 15.2. The number of amides is 1. The molecular formula is C24H29ClFN5O4S. The maximum atomic E-state index is 15.2. The molecule has 4 rings (SSSR count). The average Bonchev–Trinajstić information content (AvgIpc) is 3.11. The Morgan fingerprint density at radius 1 is 1.22 bits per heavy atom. The number of likely N-dealkylation sites (tertiary alicyclic amines) is 1. The summed E-state index contributed by atoms with van der Waals surface area (Å²) in [4.78, 5) is 22.4. The number of ether oxygens (including phenoxy) is 1. The summed E-state index contributed by atoms with van der Waals surface area (Å²) in [6.07, 6.45) is 1.12. The minimum atomic E-state index is -4.15. The summed E-state index contributed by atoms with van der Waals surface area (Å²) in [5.41, 5.74) is 0.0733. The van der Waals surface area contributed by atoms with Crippen LogP contribution in [0.2, 0.25) is 5.28 Å². The average molecular weight is 538 g/mol. The van der Waals surface area contributed by atoms with Crippen molar-refractivity contribution in [3.63, 3.8) is 0 Å². The number of hydrogen-bond acceptors (Lipinski definition) is 7. The van der Waals surface area contributed by atoms with Gasteiger partial charge in [0.05, 0.1) is 16.5 Å². The van der Waals surface area contributed by atoms with Crippen molar-refractivity contribution in [3.8, 4) is 0 Å². The molecule has 1 fully saturated rings. The number of hydrogen-bond donors (Lipinski definition) is 1. The lowest BCUT2D eigenvalue weighted by atomic mass is 9.93. The molecule has 2 aromatic heterocycles. The van der Waals surface area contributed by atoms with E-state index in [1.54, 1.807) is 37.8 Å². The van der Waals surface area contributed by atoms with E-state index in [1.165, 1.54) is 12.1 Å². The van der Waals surface area contributed by atoms with Crippen LogP contribution in [0.3, 0.4) is 0 Å². The van der Waals surface area contributed by atoms with Gasteiger partial charge in [0.1, 0.15) is 11.4 Å². The quantitative estimate of drug-likeness (QED) is 0.475. The predicted octanol–water partition coefficient (Wildman–Crippen LogP) is 4.83. The van der Waals surface area contributed by atoms with Gasteiger partial charge < -0.3 is 15.0 Å². The van der Waals surface area contributed by atoms with E-state index >= 15 is 4.39 Å². The number of carbonyl (C=O) groups excluding carboxylic acids is 1. The smallest absolute Gasteiger partial charge is 0.410 e. The Morgan fingerprint density at radius 3 is 2.53 bits per heavy atom. The van der Waals surface area contributed by atoms with Gasteiger partial charge in [-0.25, -0.2) is 21.6 Å². The van der Waals surface area contributed by atoms with E-state index in [0.29, 0.717) is 19.5 Å². The Bertz CT molecular complexity index is 1400. The van der Waals surface area contributed by atoms with Gasteiger partial charge in [-0.2, -0.15) is 9.97 Å². The molecule has 9 nitrogen and oxygen atoms in total. The van der Waals surface area contributed by atoms with Crippen LogP contribution in [0.4, 0.5) is 15.0 Å². The SMILES string of the molecule is Cc1ccc(S(=O)(=O)n2cc(F)c3c(N[C@H]4CN(C(=O)OC(C)(C)C)CC[C@H]4C)nc(Cl)nc32)cc1. The van der Waals surface area contributed by atoms with Crippen molar-refractivity contribution in [1.82, 2.24) is 18.8 Å². The minimum Gasteiger partial charge on any atom is -0.444 e. The number of rotatable bonds is 4. The number of fused-ring (bicyclic) bond motifs is 1. The number of piperidine rings is 1. The van der Waals surface area contributed by atoms with Crippen molar-refractivity contribution in [2.45, 2.75) is 57.6 Å². The van der Waals surface area contributed by atoms with Crippen LogP contribution in [0.15, 0.2) is 35.4 Å². The zero-order valence-electron chi connectivity index (χ0n) is 20.7. The molecule has 1 aliphatic heterocycles. The maximum Gasteiger partial charge on any atom is 0.410 e. The molecule has 194 valence electrons. The molecule has 0 bridgehead atoms. The van der Waals surface area contributed by atoms with Gasteiger partial charge in [0.2, 0.25) is 5.28 Å². The molecule has 0 saturated carbocycles. The second-order valence-corrected chi connectivity index (χ2v) is 12.2. The molecule has 1 amide bonds. The zero-order chi connectivity index (χ0) is 26.4. The van der Waals surface area contributed by atoms with Gasteiger partial charge in [-0.3, -0.25) is 0 Å². The lowest BCUT2D eigenvalue weighted by molar-refractivity contribution is 0.0176. The molecule has 1 N–H and O–H groups in total. The lowest BCUT2D eigenvalue weighted by Crippen LogP contribution is -2.50. The Labute approximate surface area is 214 Å². The first-order chi connectivity index (χ1) is 16.8. The monoisotopic (exact) mass is 537 g/mol. The molecule has 0 spiro atoms. The first-order valence-corrected chi connectivity index (χ1v) is 13.4. The molecule has 0 unspecified atom stereocenters. The van der Waals surface area contributed by atoms with Crippen molar-refractivity contribution in [2.75, 3.05) is 18.4 Å². The van der Waals surface area contributed by atoms with Crippen molar-refractivity contribution < 1.29 is 22.3 Å². The number of aromatic nitrogens is 3. The van der Waals surface area contributed by atoms with Gasteiger partial charge in [-0.15, -0.1) is 0 Å². The van der Waals surface area contributed by atoms with Crippen LogP contribution in [0, 0.1) is 18.7 Å². The van der Waals surface area contributed by atoms with Crippen LogP contribution < -0.4 is 5.32 Å². The number of anilines is 1. The largest absolute Gasteiger partial charge is 0.444 e. The summed E-state index contributed by atoms with van der Waals surface area (Å²) in [5.74, 6) is -0.649. The van der Waals surface area contributed by atoms with Gasteiger partial charge in [-0.1, -0.05) is 24.6 Å². The molecule has 0 radical (unpaired) electrons. The van der Waals surface area contributed by atoms with E-state index in [1.807, 2.05) is 13.8 Å². The van der Waals surface area contributed by atoms with Crippen LogP contribution in [-0.4, -0.2) is 58.1 Å². The third-order valence-electron chi connectivity index (χ3n) is 6.05. The number of nitrogens with zero attached hydrogens (tertiary/aromatic N) is 4. The van der Waals surface area contributed by atoms with Gasteiger partial charge in [0, 0.05) is 19.1 Å². The normalized spacial score (nSPS) is 18.9.